The zero-order chi connectivity index (χ0) is 7.73. The van der Waals surface area contributed by atoms with Gasteiger partial charge in [-0.1, -0.05) is 0 Å². The molecule has 0 aromatic carbocycles. The molecule has 0 aromatic heterocycles. The van der Waals surface area contributed by atoms with Crippen LogP contribution in [0.5, 0.6) is 0 Å². The Kier molecular flexibility index (Phi) is 1.90. The van der Waals surface area contributed by atoms with Crippen LogP contribution < -0.4 is 5.32 Å². The van der Waals surface area contributed by atoms with E-state index in [-0.39, 0.29) is 0 Å². The van der Waals surface area contributed by atoms with Crippen molar-refractivity contribution in [3.63, 3.8) is 0 Å². The van der Waals surface area contributed by atoms with E-state index in [2.05, 4.69) is 17.3 Å². The van der Waals surface area contributed by atoms with E-state index >= 15 is 0 Å². The summed E-state index contributed by atoms with van der Waals surface area (Å²) in [4.78, 5) is 2.48. The van der Waals surface area contributed by atoms with E-state index < -0.39 is 0 Å². The molecule has 2 aliphatic heterocycles. The maximum atomic E-state index is 3.48. The fourth-order valence-electron chi connectivity index (χ4n) is 2.60. The van der Waals surface area contributed by atoms with Gasteiger partial charge in [0.25, 0.3) is 0 Å². The van der Waals surface area contributed by atoms with Gasteiger partial charge in [-0.05, 0) is 44.8 Å². The van der Waals surface area contributed by atoms with E-state index in [0.29, 0.717) is 5.41 Å². The summed E-state index contributed by atoms with van der Waals surface area (Å²) in [5, 5.41) is 3.48. The summed E-state index contributed by atoms with van der Waals surface area (Å²) < 4.78 is 0. The van der Waals surface area contributed by atoms with E-state index in [1.807, 2.05) is 0 Å². The van der Waals surface area contributed by atoms with Crippen LogP contribution in [0.4, 0.5) is 0 Å². The van der Waals surface area contributed by atoms with Gasteiger partial charge in [-0.3, -0.25) is 0 Å². The zero-order valence-corrected chi connectivity index (χ0v) is 7.40. The minimum absolute atomic E-state index is 0.660. The number of hydrogen-bond acceptors (Lipinski definition) is 2. The van der Waals surface area contributed by atoms with Crippen LogP contribution in [0.3, 0.4) is 0 Å². The molecule has 0 bridgehead atoms. The fraction of sp³-hybridized carbons (Fsp3) is 1.00. The largest absolute Gasteiger partial charge is 0.316 e. The minimum Gasteiger partial charge on any atom is -0.316 e. The lowest BCUT2D eigenvalue weighted by molar-refractivity contribution is 0.126. The molecule has 2 saturated heterocycles. The summed E-state index contributed by atoms with van der Waals surface area (Å²) in [5.74, 6) is 0. The highest BCUT2D eigenvalue weighted by Crippen LogP contribution is 2.34. The molecule has 0 amide bonds. The molecule has 0 unspecified atom stereocenters. The van der Waals surface area contributed by atoms with Crippen molar-refractivity contribution in [2.45, 2.75) is 19.3 Å². The Morgan fingerprint density at radius 3 is 2.91 bits per heavy atom. The summed E-state index contributed by atoms with van der Waals surface area (Å²) in [6, 6.07) is 0. The third-order valence-electron chi connectivity index (χ3n) is 3.18. The predicted octanol–water partition coefficient (Wildman–Crippen LogP) is 0.692. The van der Waals surface area contributed by atoms with Crippen LogP contribution in [-0.4, -0.2) is 38.1 Å². The Labute approximate surface area is 69.0 Å². The molecule has 2 aliphatic rings. The molecule has 0 aliphatic carbocycles. The lowest BCUT2D eigenvalue weighted by atomic mass is 9.79. The molecule has 1 atom stereocenters. The highest BCUT2D eigenvalue weighted by Gasteiger charge is 2.36. The first-order chi connectivity index (χ1) is 5.31. The summed E-state index contributed by atoms with van der Waals surface area (Å²) in [5.41, 5.74) is 0.660. The van der Waals surface area contributed by atoms with Crippen molar-refractivity contribution in [3.05, 3.63) is 0 Å². The van der Waals surface area contributed by atoms with Crippen LogP contribution in [0.15, 0.2) is 0 Å². The number of rotatable bonds is 0. The second kappa shape index (κ2) is 2.76. The molecule has 0 aromatic rings. The normalized spacial score (nSPS) is 40.1. The van der Waals surface area contributed by atoms with Gasteiger partial charge in [-0.25, -0.2) is 0 Å². The van der Waals surface area contributed by atoms with Crippen molar-refractivity contribution >= 4 is 0 Å². The highest BCUT2D eigenvalue weighted by molar-refractivity contribution is 4.92. The first kappa shape index (κ1) is 7.56. The Morgan fingerprint density at radius 1 is 1.36 bits per heavy atom. The number of nitrogens with zero attached hydrogens (tertiary/aromatic N) is 1. The molecular formula is C9H18N2. The lowest BCUT2D eigenvalue weighted by Gasteiger charge is -2.38. The van der Waals surface area contributed by atoms with Crippen LogP contribution >= 0.6 is 0 Å². The third-order valence-corrected chi connectivity index (χ3v) is 3.18. The maximum absolute atomic E-state index is 3.48. The second-order valence-electron chi connectivity index (χ2n) is 4.27. The Morgan fingerprint density at radius 2 is 2.27 bits per heavy atom. The van der Waals surface area contributed by atoms with Gasteiger partial charge in [-0.15, -0.1) is 0 Å². The van der Waals surface area contributed by atoms with E-state index in [9.17, 15) is 0 Å². The average Bonchev–Trinajstić information content (AvgIpc) is 2.37. The van der Waals surface area contributed by atoms with Gasteiger partial charge in [0.15, 0.2) is 0 Å². The van der Waals surface area contributed by atoms with Gasteiger partial charge in [0.05, 0.1) is 0 Å². The monoisotopic (exact) mass is 154 g/mol. The van der Waals surface area contributed by atoms with Crippen molar-refractivity contribution in [1.29, 1.82) is 0 Å². The maximum Gasteiger partial charge on any atom is 0.00476 e. The predicted molar refractivity (Wildman–Crippen MR) is 46.7 cm³/mol. The number of hydrogen-bond donors (Lipinski definition) is 1. The van der Waals surface area contributed by atoms with Crippen LogP contribution in [0.1, 0.15) is 19.3 Å². The highest BCUT2D eigenvalue weighted by atomic mass is 15.1. The molecule has 2 heterocycles. The Hall–Kier alpha value is -0.0800. The molecule has 2 rings (SSSR count). The summed E-state index contributed by atoms with van der Waals surface area (Å²) in [7, 11) is 2.25. The van der Waals surface area contributed by atoms with Crippen molar-refractivity contribution < 1.29 is 0 Å². The van der Waals surface area contributed by atoms with Crippen molar-refractivity contribution in [2.75, 3.05) is 33.2 Å². The number of nitrogens with one attached hydrogen (secondary N) is 1. The molecular weight excluding hydrogens is 136 g/mol. The molecule has 0 saturated carbocycles. The number of piperidine rings is 1. The van der Waals surface area contributed by atoms with E-state index in [1.165, 1.54) is 45.4 Å². The van der Waals surface area contributed by atoms with Crippen molar-refractivity contribution in [1.82, 2.24) is 10.2 Å². The third kappa shape index (κ3) is 1.42. The summed E-state index contributed by atoms with van der Waals surface area (Å²) in [6.07, 6.45) is 4.25. The molecule has 64 valence electrons. The van der Waals surface area contributed by atoms with Crippen LogP contribution in [0, 0.1) is 5.41 Å². The van der Waals surface area contributed by atoms with E-state index in [1.54, 1.807) is 0 Å². The molecule has 11 heavy (non-hydrogen) atoms. The number of likely N-dealkylation sites (tertiary alicyclic amines) is 1. The first-order valence-corrected chi connectivity index (χ1v) is 4.70. The average molecular weight is 154 g/mol. The fourth-order valence-corrected chi connectivity index (χ4v) is 2.60. The summed E-state index contributed by atoms with van der Waals surface area (Å²) in [6.45, 7) is 5.13. The minimum atomic E-state index is 0.660. The van der Waals surface area contributed by atoms with Gasteiger partial charge in [-0.2, -0.15) is 0 Å². The SMILES string of the molecule is CN1CCC[C@@]2(CCNC2)C1. The van der Waals surface area contributed by atoms with E-state index in [0.717, 1.165) is 0 Å². The van der Waals surface area contributed by atoms with Crippen LogP contribution in [0.2, 0.25) is 0 Å². The molecule has 2 fully saturated rings. The standard InChI is InChI=1S/C9H18N2/c1-11-6-2-3-9(8-11)4-5-10-7-9/h10H,2-8H2,1H3/t9-/m0/s1. The first-order valence-electron chi connectivity index (χ1n) is 4.70. The Bertz CT molecular complexity index is 138. The zero-order valence-electron chi connectivity index (χ0n) is 7.40. The van der Waals surface area contributed by atoms with E-state index in [4.69, 9.17) is 0 Å². The van der Waals surface area contributed by atoms with Gasteiger partial charge < -0.3 is 10.2 Å². The van der Waals surface area contributed by atoms with Crippen LogP contribution in [-0.2, 0) is 0 Å². The van der Waals surface area contributed by atoms with Gasteiger partial charge in [0, 0.05) is 13.1 Å². The molecule has 0 radical (unpaired) electrons. The smallest absolute Gasteiger partial charge is 0.00476 e. The molecule has 1 spiro atoms. The molecule has 1 N–H and O–H groups in total. The van der Waals surface area contributed by atoms with Gasteiger partial charge in [0.2, 0.25) is 0 Å². The molecule has 2 heteroatoms. The lowest BCUT2D eigenvalue weighted by Crippen LogP contribution is -2.42. The van der Waals surface area contributed by atoms with Crippen molar-refractivity contribution in [2.24, 2.45) is 5.41 Å². The van der Waals surface area contributed by atoms with Crippen LogP contribution in [0.25, 0.3) is 0 Å². The van der Waals surface area contributed by atoms with Crippen molar-refractivity contribution in [3.8, 4) is 0 Å². The van der Waals surface area contributed by atoms with Gasteiger partial charge in [0.1, 0.15) is 0 Å². The Balaban J connectivity index is 2.00. The topological polar surface area (TPSA) is 15.3 Å². The van der Waals surface area contributed by atoms with Gasteiger partial charge >= 0.3 is 0 Å². The summed E-state index contributed by atoms with van der Waals surface area (Å²) >= 11 is 0. The molecule has 2 nitrogen and oxygen atoms in total. The second-order valence-corrected chi connectivity index (χ2v) is 4.27. The quantitative estimate of drug-likeness (QED) is 0.552.